The summed E-state index contributed by atoms with van der Waals surface area (Å²) in [6.45, 7) is 0.0458. The summed E-state index contributed by atoms with van der Waals surface area (Å²) in [7, 11) is 1.69. The number of allylic oxidation sites excluding steroid dienone is 4. The van der Waals surface area contributed by atoms with Gasteiger partial charge in [0.25, 0.3) is 0 Å². The van der Waals surface area contributed by atoms with Crippen LogP contribution in [0.2, 0.25) is 0 Å². The molecule has 0 fully saturated rings. The Labute approximate surface area is 112 Å². The molecule has 0 aliphatic heterocycles. The van der Waals surface area contributed by atoms with Gasteiger partial charge < -0.3 is 9.84 Å². The van der Waals surface area contributed by atoms with Crippen LogP contribution in [0.25, 0.3) is 11.6 Å². The van der Waals surface area contributed by atoms with Crippen molar-refractivity contribution in [2.24, 2.45) is 0 Å². The van der Waals surface area contributed by atoms with E-state index in [1.165, 1.54) is 5.57 Å². The lowest BCUT2D eigenvalue weighted by molar-refractivity contribution is 0.282. The molecule has 0 spiro atoms. The third-order valence-electron chi connectivity index (χ3n) is 3.64. The van der Waals surface area contributed by atoms with E-state index >= 15 is 0 Å². The molecule has 0 unspecified atom stereocenters. The van der Waals surface area contributed by atoms with Gasteiger partial charge in [-0.05, 0) is 33.2 Å². The molecule has 0 radical (unpaired) electrons. The van der Waals surface area contributed by atoms with Crippen LogP contribution in [0.1, 0.15) is 6.42 Å². The van der Waals surface area contributed by atoms with E-state index < -0.39 is 0 Å². The van der Waals surface area contributed by atoms with Gasteiger partial charge in [0.1, 0.15) is 0 Å². The smallest absolute Gasteiger partial charge is 0.0999 e. The topological polar surface area (TPSA) is 29.5 Å². The van der Waals surface area contributed by atoms with Crippen LogP contribution in [0.4, 0.5) is 0 Å². The molecule has 1 aromatic carbocycles. The summed E-state index contributed by atoms with van der Waals surface area (Å²) in [5.74, 6) is 0.951. The van der Waals surface area contributed by atoms with Crippen molar-refractivity contribution in [2.45, 2.75) is 6.42 Å². The molecule has 2 aliphatic rings. The van der Waals surface area contributed by atoms with E-state index in [0.717, 1.165) is 33.8 Å². The second-order valence-corrected chi connectivity index (χ2v) is 4.68. The van der Waals surface area contributed by atoms with Crippen molar-refractivity contribution in [3.8, 4) is 0 Å². The van der Waals surface area contributed by atoms with Crippen molar-refractivity contribution in [3.05, 3.63) is 69.8 Å². The summed E-state index contributed by atoms with van der Waals surface area (Å²) >= 11 is 0. The maximum atomic E-state index is 9.75. The minimum Gasteiger partial charge on any atom is -0.501 e. The van der Waals surface area contributed by atoms with Gasteiger partial charge in [0.2, 0.25) is 0 Å². The molecule has 0 bridgehead atoms. The van der Waals surface area contributed by atoms with Crippen molar-refractivity contribution in [2.75, 3.05) is 13.7 Å². The number of benzene rings is 1. The number of rotatable bonds is 2. The molecule has 1 N–H and O–H groups in total. The Kier molecular flexibility index (Phi) is 3.10. The lowest BCUT2D eigenvalue weighted by Gasteiger charge is -2.18. The number of aliphatic hydroxyl groups excluding tert-OH is 1. The van der Waals surface area contributed by atoms with Gasteiger partial charge in [-0.15, -0.1) is 0 Å². The predicted molar refractivity (Wildman–Crippen MR) is 76.5 cm³/mol. The van der Waals surface area contributed by atoms with Gasteiger partial charge in [0.15, 0.2) is 0 Å². The summed E-state index contributed by atoms with van der Waals surface area (Å²) in [5.41, 5.74) is 3.30. The highest BCUT2D eigenvalue weighted by atomic mass is 16.5. The number of ether oxygens (including phenoxy) is 1. The molecule has 19 heavy (non-hydrogen) atoms. The number of hydrogen-bond donors (Lipinski definition) is 1. The minimum atomic E-state index is 0.0458. The fraction of sp³-hybridized carbons (Fsp3) is 0.176. The van der Waals surface area contributed by atoms with Crippen molar-refractivity contribution >= 4 is 11.6 Å². The zero-order valence-corrected chi connectivity index (χ0v) is 10.9. The van der Waals surface area contributed by atoms with Gasteiger partial charge in [0.05, 0.1) is 19.5 Å². The molecule has 0 amide bonds. The first-order chi connectivity index (χ1) is 9.33. The second-order valence-electron chi connectivity index (χ2n) is 4.68. The predicted octanol–water partition coefficient (Wildman–Crippen LogP) is 1.41. The molecule has 0 heterocycles. The van der Waals surface area contributed by atoms with Gasteiger partial charge in [-0.3, -0.25) is 0 Å². The standard InChI is InChI=1S/C17H16O2/c1-19-14-8-9-16-13(10-14)7-6-12-4-2-3-5-15(12)17(16)11-18/h2-9,18H,10-11H2,1H3. The monoisotopic (exact) mass is 252 g/mol. The van der Waals surface area contributed by atoms with Crippen LogP contribution < -0.4 is 10.4 Å². The molecule has 3 rings (SSSR count). The van der Waals surface area contributed by atoms with Crippen molar-refractivity contribution in [1.29, 1.82) is 0 Å². The third-order valence-corrected chi connectivity index (χ3v) is 3.64. The van der Waals surface area contributed by atoms with Gasteiger partial charge in [-0.1, -0.05) is 42.5 Å². The molecule has 0 aromatic heterocycles. The van der Waals surface area contributed by atoms with Gasteiger partial charge >= 0.3 is 0 Å². The Hall–Kier alpha value is -2.06. The van der Waals surface area contributed by atoms with Crippen LogP contribution in [0.5, 0.6) is 0 Å². The van der Waals surface area contributed by atoms with Crippen LogP contribution in [0.3, 0.4) is 0 Å². The summed E-state index contributed by atoms with van der Waals surface area (Å²) < 4.78 is 5.32. The maximum Gasteiger partial charge on any atom is 0.0999 e. The highest BCUT2D eigenvalue weighted by molar-refractivity contribution is 5.77. The molecule has 2 heteroatoms. The quantitative estimate of drug-likeness (QED) is 0.862. The van der Waals surface area contributed by atoms with E-state index in [4.69, 9.17) is 4.74 Å². The van der Waals surface area contributed by atoms with Crippen LogP contribution >= 0.6 is 0 Å². The molecule has 96 valence electrons. The van der Waals surface area contributed by atoms with Crippen LogP contribution in [0, 0.1) is 0 Å². The number of aliphatic hydroxyl groups is 1. The first-order valence-electron chi connectivity index (χ1n) is 6.39. The lowest BCUT2D eigenvalue weighted by atomic mass is 9.91. The van der Waals surface area contributed by atoms with E-state index in [-0.39, 0.29) is 6.61 Å². The van der Waals surface area contributed by atoms with E-state index in [9.17, 15) is 5.11 Å². The van der Waals surface area contributed by atoms with Crippen molar-refractivity contribution in [1.82, 2.24) is 0 Å². The van der Waals surface area contributed by atoms with E-state index in [1.54, 1.807) is 7.11 Å². The Bertz CT molecular complexity index is 718. The zero-order chi connectivity index (χ0) is 13.2. The van der Waals surface area contributed by atoms with E-state index in [0.29, 0.717) is 0 Å². The lowest BCUT2D eigenvalue weighted by Crippen LogP contribution is -2.27. The third kappa shape index (κ3) is 2.04. The van der Waals surface area contributed by atoms with Gasteiger partial charge in [-0.25, -0.2) is 0 Å². The van der Waals surface area contributed by atoms with E-state index in [1.807, 2.05) is 24.3 Å². The molecule has 2 nitrogen and oxygen atoms in total. The fourth-order valence-electron chi connectivity index (χ4n) is 2.63. The highest BCUT2D eigenvalue weighted by Crippen LogP contribution is 2.30. The summed E-state index contributed by atoms with van der Waals surface area (Å²) in [5, 5.41) is 12.0. The van der Waals surface area contributed by atoms with E-state index in [2.05, 4.69) is 24.3 Å². The highest BCUT2D eigenvalue weighted by Gasteiger charge is 2.17. The normalized spacial score (nSPS) is 17.2. The fourth-order valence-corrected chi connectivity index (χ4v) is 2.63. The largest absolute Gasteiger partial charge is 0.501 e. The Balaban J connectivity index is 2.29. The minimum absolute atomic E-state index is 0.0458. The summed E-state index contributed by atoms with van der Waals surface area (Å²) in [6, 6.07) is 8.16. The molecular weight excluding hydrogens is 236 g/mol. The van der Waals surface area contributed by atoms with Crippen molar-refractivity contribution < 1.29 is 9.84 Å². The molecule has 1 aromatic rings. The molecular formula is C17H16O2. The average Bonchev–Trinajstić information content (AvgIpc) is 2.63. The Morgan fingerprint density at radius 3 is 2.74 bits per heavy atom. The van der Waals surface area contributed by atoms with Gasteiger partial charge in [0, 0.05) is 6.42 Å². The van der Waals surface area contributed by atoms with Crippen LogP contribution in [-0.2, 0) is 4.74 Å². The maximum absolute atomic E-state index is 9.75. The first kappa shape index (κ1) is 12.0. The van der Waals surface area contributed by atoms with Crippen LogP contribution in [-0.4, -0.2) is 18.8 Å². The number of hydrogen-bond acceptors (Lipinski definition) is 2. The zero-order valence-electron chi connectivity index (χ0n) is 10.9. The number of methoxy groups -OCH3 is 1. The van der Waals surface area contributed by atoms with Gasteiger partial charge in [-0.2, -0.15) is 0 Å². The van der Waals surface area contributed by atoms with Crippen molar-refractivity contribution in [3.63, 3.8) is 0 Å². The van der Waals surface area contributed by atoms with Crippen LogP contribution in [0.15, 0.2) is 59.4 Å². The molecule has 0 saturated heterocycles. The SMILES string of the molecule is COC1=CC=C2C(=CC=c3ccccc3=C2CO)C1. The first-order valence-corrected chi connectivity index (χ1v) is 6.39. The summed E-state index contributed by atoms with van der Waals surface area (Å²) in [6.07, 6.45) is 9.03. The Morgan fingerprint density at radius 2 is 1.95 bits per heavy atom. The Morgan fingerprint density at radius 1 is 1.11 bits per heavy atom. The molecule has 0 atom stereocenters. The average molecular weight is 252 g/mol. The molecule has 0 saturated carbocycles. The second kappa shape index (κ2) is 4.90. The molecule has 2 aliphatic carbocycles. The summed E-state index contributed by atoms with van der Waals surface area (Å²) in [4.78, 5) is 0. The number of fused-ring (bicyclic) bond motifs is 2.